The molecule has 1 unspecified atom stereocenters. The van der Waals surface area contributed by atoms with Crippen molar-refractivity contribution in [3.05, 3.63) is 47.5 Å². The van der Waals surface area contributed by atoms with Gasteiger partial charge in [-0.15, -0.1) is 0 Å². The number of ether oxygens (including phenoxy) is 1. The van der Waals surface area contributed by atoms with E-state index < -0.39 is 0 Å². The molecule has 0 amide bonds. The van der Waals surface area contributed by atoms with Gasteiger partial charge in [0.15, 0.2) is 0 Å². The van der Waals surface area contributed by atoms with Gasteiger partial charge in [-0.2, -0.15) is 0 Å². The van der Waals surface area contributed by atoms with Crippen LogP contribution in [0.4, 0.5) is 0 Å². The molecule has 0 N–H and O–H groups in total. The van der Waals surface area contributed by atoms with Gasteiger partial charge in [-0.3, -0.25) is 4.79 Å². The van der Waals surface area contributed by atoms with Crippen LogP contribution in [0.2, 0.25) is 0 Å². The molecule has 0 bridgehead atoms. The number of methoxy groups -OCH3 is 1. The van der Waals surface area contributed by atoms with Crippen LogP contribution in [-0.4, -0.2) is 19.4 Å². The molecular weight excluding hydrogens is 288 g/mol. The van der Waals surface area contributed by atoms with Crippen LogP contribution in [-0.2, 0) is 26.2 Å². The molecule has 0 saturated heterocycles. The lowest BCUT2D eigenvalue weighted by molar-refractivity contribution is -0.142. The van der Waals surface area contributed by atoms with Crippen molar-refractivity contribution in [3.8, 4) is 0 Å². The second kappa shape index (κ2) is 6.53. The lowest BCUT2D eigenvalue weighted by Gasteiger charge is -2.38. The number of rotatable bonds is 6. The van der Waals surface area contributed by atoms with Crippen LogP contribution in [0.3, 0.4) is 0 Å². The van der Waals surface area contributed by atoms with Gasteiger partial charge < -0.3 is 9.53 Å². The second-order valence-corrected chi connectivity index (χ2v) is 6.41. The molecule has 0 heterocycles. The Balaban J connectivity index is 2.10. The van der Waals surface area contributed by atoms with E-state index in [-0.39, 0.29) is 11.4 Å². The summed E-state index contributed by atoms with van der Waals surface area (Å²) in [6.07, 6.45) is 5.43. The molecule has 3 heteroatoms. The molecule has 0 saturated carbocycles. The van der Waals surface area contributed by atoms with Gasteiger partial charge in [-0.1, -0.05) is 36.4 Å². The Bertz CT molecular complexity index is 729. The zero-order valence-corrected chi connectivity index (χ0v) is 13.5. The number of esters is 1. The van der Waals surface area contributed by atoms with Crippen LogP contribution in [0.5, 0.6) is 0 Å². The molecule has 0 spiro atoms. The van der Waals surface area contributed by atoms with E-state index in [4.69, 9.17) is 4.74 Å². The average Bonchev–Trinajstić information content (AvgIpc) is 2.58. The summed E-state index contributed by atoms with van der Waals surface area (Å²) in [5.74, 6) is -0.174. The number of unbranched alkanes of at least 4 members (excludes halogenated alkanes) is 1. The molecule has 0 fully saturated rings. The third-order valence-electron chi connectivity index (χ3n) is 5.12. The topological polar surface area (TPSA) is 43.4 Å². The zero-order valence-electron chi connectivity index (χ0n) is 13.5. The normalized spacial score (nSPS) is 19.5. The predicted octanol–water partition coefficient (Wildman–Crippen LogP) is 3.96. The fourth-order valence-corrected chi connectivity index (χ4v) is 3.98. The summed E-state index contributed by atoms with van der Waals surface area (Å²) >= 11 is 0. The van der Waals surface area contributed by atoms with Gasteiger partial charge in [-0.05, 0) is 47.6 Å². The van der Waals surface area contributed by atoms with Crippen LogP contribution in [0.25, 0.3) is 10.8 Å². The van der Waals surface area contributed by atoms with Crippen LogP contribution in [0.15, 0.2) is 36.4 Å². The smallest absolute Gasteiger partial charge is 0.306 e. The fourth-order valence-electron chi connectivity index (χ4n) is 3.98. The van der Waals surface area contributed by atoms with Crippen molar-refractivity contribution in [3.63, 3.8) is 0 Å². The van der Waals surface area contributed by atoms with E-state index in [2.05, 4.69) is 36.4 Å². The lowest BCUT2D eigenvalue weighted by Crippen LogP contribution is -2.33. The summed E-state index contributed by atoms with van der Waals surface area (Å²) in [4.78, 5) is 22.8. The Morgan fingerprint density at radius 3 is 2.78 bits per heavy atom. The van der Waals surface area contributed by atoms with Crippen LogP contribution < -0.4 is 0 Å². The standard InChI is InChI=1S/C20H22O3/c1-23-18(22)14-20(11-2-3-13-21)12-10-16-7-4-6-15-8-5-9-17(20)19(15)16/h4-9,13H,2-3,10-12,14H2,1H3. The molecule has 23 heavy (non-hydrogen) atoms. The molecule has 1 aliphatic carbocycles. The number of carbonyl (C=O) groups is 2. The first-order valence-corrected chi connectivity index (χ1v) is 8.22. The molecule has 3 rings (SSSR count). The highest BCUT2D eigenvalue weighted by atomic mass is 16.5. The number of hydrogen-bond donors (Lipinski definition) is 0. The molecule has 2 aromatic carbocycles. The molecule has 1 aliphatic rings. The molecule has 1 atom stereocenters. The minimum atomic E-state index is -0.218. The third kappa shape index (κ3) is 2.88. The van der Waals surface area contributed by atoms with Gasteiger partial charge in [0, 0.05) is 11.8 Å². The van der Waals surface area contributed by atoms with Crippen molar-refractivity contribution in [1.29, 1.82) is 0 Å². The molecular formula is C20H22O3. The monoisotopic (exact) mass is 310 g/mol. The quantitative estimate of drug-likeness (QED) is 0.461. The number of aldehydes is 1. The largest absolute Gasteiger partial charge is 0.469 e. The molecule has 0 aromatic heterocycles. The number of carbonyl (C=O) groups excluding carboxylic acids is 2. The maximum atomic E-state index is 12.1. The van der Waals surface area contributed by atoms with E-state index in [0.717, 1.165) is 32.0 Å². The Morgan fingerprint density at radius 1 is 1.26 bits per heavy atom. The molecule has 3 nitrogen and oxygen atoms in total. The molecule has 120 valence electrons. The highest BCUT2D eigenvalue weighted by Gasteiger charge is 2.38. The first kappa shape index (κ1) is 15.7. The van der Waals surface area contributed by atoms with Gasteiger partial charge >= 0.3 is 5.97 Å². The first-order valence-electron chi connectivity index (χ1n) is 8.22. The van der Waals surface area contributed by atoms with Crippen molar-refractivity contribution in [2.45, 2.75) is 43.9 Å². The number of hydrogen-bond acceptors (Lipinski definition) is 3. The lowest BCUT2D eigenvalue weighted by atomic mass is 9.65. The van der Waals surface area contributed by atoms with E-state index in [9.17, 15) is 9.59 Å². The Labute approximate surface area is 136 Å². The summed E-state index contributed by atoms with van der Waals surface area (Å²) in [6.45, 7) is 0. The Hall–Kier alpha value is -2.16. The SMILES string of the molecule is COC(=O)CC1(CCCC=O)CCc2cccc3cccc1c23. The third-order valence-corrected chi connectivity index (χ3v) is 5.12. The minimum absolute atomic E-state index is 0.174. The van der Waals surface area contributed by atoms with Crippen molar-refractivity contribution >= 4 is 23.0 Å². The van der Waals surface area contributed by atoms with Gasteiger partial charge in [0.1, 0.15) is 6.29 Å². The number of benzene rings is 2. The summed E-state index contributed by atoms with van der Waals surface area (Å²) in [5.41, 5.74) is 2.38. The van der Waals surface area contributed by atoms with Crippen LogP contribution in [0.1, 0.15) is 43.2 Å². The fraction of sp³-hybridized carbons (Fsp3) is 0.400. The van der Waals surface area contributed by atoms with E-state index in [1.165, 1.54) is 29.0 Å². The molecule has 0 aliphatic heterocycles. The second-order valence-electron chi connectivity index (χ2n) is 6.41. The van der Waals surface area contributed by atoms with E-state index in [1.807, 2.05) is 0 Å². The van der Waals surface area contributed by atoms with Gasteiger partial charge in [0.05, 0.1) is 13.5 Å². The number of aryl methyl sites for hydroxylation is 1. The predicted molar refractivity (Wildman–Crippen MR) is 90.5 cm³/mol. The van der Waals surface area contributed by atoms with Crippen molar-refractivity contribution < 1.29 is 14.3 Å². The average molecular weight is 310 g/mol. The van der Waals surface area contributed by atoms with Crippen LogP contribution in [0, 0.1) is 0 Å². The maximum absolute atomic E-state index is 12.1. The zero-order chi connectivity index (χ0) is 16.3. The van der Waals surface area contributed by atoms with E-state index in [0.29, 0.717) is 12.8 Å². The van der Waals surface area contributed by atoms with Gasteiger partial charge in [-0.25, -0.2) is 0 Å². The highest BCUT2D eigenvalue weighted by Crippen LogP contribution is 2.46. The molecule has 0 radical (unpaired) electrons. The van der Waals surface area contributed by atoms with Gasteiger partial charge in [0.2, 0.25) is 0 Å². The van der Waals surface area contributed by atoms with E-state index in [1.54, 1.807) is 0 Å². The highest BCUT2D eigenvalue weighted by molar-refractivity contribution is 5.91. The van der Waals surface area contributed by atoms with Crippen molar-refractivity contribution in [2.75, 3.05) is 7.11 Å². The van der Waals surface area contributed by atoms with Crippen molar-refractivity contribution in [2.24, 2.45) is 0 Å². The Morgan fingerprint density at radius 2 is 2.04 bits per heavy atom. The van der Waals surface area contributed by atoms with Crippen molar-refractivity contribution in [1.82, 2.24) is 0 Å². The van der Waals surface area contributed by atoms with Crippen LogP contribution >= 0.6 is 0 Å². The maximum Gasteiger partial charge on any atom is 0.306 e. The van der Waals surface area contributed by atoms with Gasteiger partial charge in [0.25, 0.3) is 0 Å². The molecule has 2 aromatic rings. The summed E-state index contributed by atoms with van der Waals surface area (Å²) < 4.78 is 4.96. The Kier molecular flexibility index (Phi) is 4.46. The minimum Gasteiger partial charge on any atom is -0.469 e. The van der Waals surface area contributed by atoms with E-state index >= 15 is 0 Å². The summed E-state index contributed by atoms with van der Waals surface area (Å²) in [5, 5.41) is 2.51. The first-order chi connectivity index (χ1) is 11.2. The summed E-state index contributed by atoms with van der Waals surface area (Å²) in [7, 11) is 1.44. The summed E-state index contributed by atoms with van der Waals surface area (Å²) in [6, 6.07) is 12.7.